The molecule has 0 fully saturated rings. The van der Waals surface area contributed by atoms with Crippen molar-refractivity contribution in [2.75, 3.05) is 0 Å². The Kier molecular flexibility index (Phi) is 5.48. The number of carbonyl (C=O) groups is 1. The van der Waals surface area contributed by atoms with Crippen LogP contribution in [0.2, 0.25) is 0 Å². The number of nitrogens with one attached hydrogen (secondary N) is 2. The van der Waals surface area contributed by atoms with Gasteiger partial charge >= 0.3 is 11.1 Å². The first-order chi connectivity index (χ1) is 15.0. The third-order valence-corrected chi connectivity index (χ3v) is 4.88. The molecule has 1 atom stereocenters. The fourth-order valence-corrected chi connectivity index (χ4v) is 3.32. The molecule has 0 aliphatic rings. The van der Waals surface area contributed by atoms with Crippen molar-refractivity contribution in [3.8, 4) is 11.4 Å². The van der Waals surface area contributed by atoms with Gasteiger partial charge in [-0.25, -0.2) is 0 Å². The minimum Gasteiger partial charge on any atom is -0.341 e. The highest BCUT2D eigenvalue weighted by molar-refractivity contribution is 5.94. The average Bonchev–Trinajstić information content (AvgIpc) is 3.27. The number of amides is 1. The van der Waals surface area contributed by atoms with E-state index < -0.39 is 17.2 Å². The van der Waals surface area contributed by atoms with Crippen LogP contribution < -0.4 is 16.4 Å². The molecule has 2 N–H and O–H groups in total. The van der Waals surface area contributed by atoms with Crippen molar-refractivity contribution < 1.29 is 9.32 Å². The van der Waals surface area contributed by atoms with E-state index >= 15 is 0 Å². The van der Waals surface area contributed by atoms with Gasteiger partial charge in [0, 0.05) is 17.7 Å². The molecule has 0 saturated heterocycles. The molecule has 0 unspecified atom stereocenters. The van der Waals surface area contributed by atoms with E-state index in [0.717, 1.165) is 6.42 Å². The molecular weight excluding hydrogens is 398 g/mol. The second kappa shape index (κ2) is 8.39. The van der Waals surface area contributed by atoms with Crippen LogP contribution >= 0.6 is 0 Å². The number of hydrogen-bond acceptors (Lipinski definition) is 6. The van der Waals surface area contributed by atoms with Crippen molar-refractivity contribution in [1.82, 2.24) is 25.0 Å². The summed E-state index contributed by atoms with van der Waals surface area (Å²) >= 11 is 0. The lowest BCUT2D eigenvalue weighted by Crippen LogP contribution is -2.36. The summed E-state index contributed by atoms with van der Waals surface area (Å²) in [5, 5.41) is 6.82. The first-order valence-electron chi connectivity index (χ1n) is 9.94. The highest BCUT2D eigenvalue weighted by Gasteiger charge is 2.18. The lowest BCUT2D eigenvalue weighted by molar-refractivity contribution is 0.0932. The summed E-state index contributed by atoms with van der Waals surface area (Å²) < 4.78 is 6.79. The summed E-state index contributed by atoms with van der Waals surface area (Å²) in [6.45, 7) is 4.13. The third-order valence-electron chi connectivity index (χ3n) is 4.88. The van der Waals surface area contributed by atoms with Crippen molar-refractivity contribution in [2.24, 2.45) is 0 Å². The Morgan fingerprint density at radius 3 is 2.71 bits per heavy atom. The lowest BCUT2D eigenvalue weighted by Gasteiger charge is -2.09. The molecule has 158 valence electrons. The number of nitrogens with zero attached hydrogens (tertiary/aromatic N) is 3. The second-order valence-electron chi connectivity index (χ2n) is 7.16. The molecule has 0 radical (unpaired) electrons. The number of hydrogen-bond donors (Lipinski definition) is 2. The second-order valence-corrected chi connectivity index (χ2v) is 7.16. The molecule has 0 aliphatic heterocycles. The molecular formula is C22H21N5O4. The van der Waals surface area contributed by atoms with Gasteiger partial charge in [0.1, 0.15) is 6.04 Å². The molecule has 9 heteroatoms. The number of aromatic nitrogens is 4. The van der Waals surface area contributed by atoms with Crippen molar-refractivity contribution in [3.05, 3.63) is 80.7 Å². The maximum atomic E-state index is 12.3. The quantitative estimate of drug-likeness (QED) is 0.463. The van der Waals surface area contributed by atoms with E-state index in [-0.39, 0.29) is 11.8 Å². The minimum atomic E-state index is -0.677. The van der Waals surface area contributed by atoms with Gasteiger partial charge in [-0.2, -0.15) is 4.98 Å². The molecule has 2 heterocycles. The predicted molar refractivity (Wildman–Crippen MR) is 115 cm³/mol. The van der Waals surface area contributed by atoms with Gasteiger partial charge in [-0.15, -0.1) is 0 Å². The van der Waals surface area contributed by atoms with Crippen LogP contribution in [0.3, 0.4) is 0 Å². The van der Waals surface area contributed by atoms with E-state index in [1.807, 2.05) is 13.0 Å². The number of fused-ring (bicyclic) bond motifs is 1. The number of benzene rings is 2. The highest BCUT2D eigenvalue weighted by Crippen LogP contribution is 2.22. The molecule has 0 spiro atoms. The molecule has 31 heavy (non-hydrogen) atoms. The predicted octanol–water partition coefficient (Wildman–Crippen LogP) is 2.64. The highest BCUT2D eigenvalue weighted by atomic mass is 16.5. The van der Waals surface area contributed by atoms with E-state index in [1.165, 1.54) is 4.57 Å². The van der Waals surface area contributed by atoms with Gasteiger partial charge < -0.3 is 19.4 Å². The van der Waals surface area contributed by atoms with E-state index in [0.29, 0.717) is 34.5 Å². The van der Waals surface area contributed by atoms with E-state index in [2.05, 4.69) is 20.4 Å². The Hall–Kier alpha value is -4.01. The standard InChI is InChI=1S/C22H21N5O4/c1-3-11-27-17-10-9-15(12-16(17)24-20(29)22(27)30)18-25-21(31-26-18)13(2)23-19(28)14-7-5-4-6-8-14/h4-10,12-13H,3,11H2,1-2H3,(H,23,28)(H,24,29)/t13-/m0/s1. The monoisotopic (exact) mass is 419 g/mol. The SMILES string of the molecule is CCCn1c(=O)c(=O)[nH]c2cc(-c3noc([C@H](C)NC(=O)c4ccccc4)n3)ccc21. The number of carbonyl (C=O) groups excluding carboxylic acids is 1. The van der Waals surface area contributed by atoms with Gasteiger partial charge in [0.25, 0.3) is 5.91 Å². The zero-order chi connectivity index (χ0) is 22.0. The summed E-state index contributed by atoms with van der Waals surface area (Å²) in [5.41, 5.74) is 1.03. The molecule has 2 aromatic carbocycles. The zero-order valence-corrected chi connectivity index (χ0v) is 17.1. The molecule has 0 aliphatic carbocycles. The van der Waals surface area contributed by atoms with E-state index in [9.17, 15) is 14.4 Å². The zero-order valence-electron chi connectivity index (χ0n) is 17.1. The Bertz CT molecular complexity index is 1350. The maximum absolute atomic E-state index is 12.3. The van der Waals surface area contributed by atoms with Crippen molar-refractivity contribution >= 4 is 16.9 Å². The van der Waals surface area contributed by atoms with Crippen LogP contribution in [0.4, 0.5) is 0 Å². The topological polar surface area (TPSA) is 123 Å². The van der Waals surface area contributed by atoms with Gasteiger partial charge in [0.05, 0.1) is 11.0 Å². The van der Waals surface area contributed by atoms with Crippen LogP contribution in [0.1, 0.15) is 42.6 Å². The summed E-state index contributed by atoms with van der Waals surface area (Å²) in [7, 11) is 0. The Morgan fingerprint density at radius 2 is 1.97 bits per heavy atom. The molecule has 4 aromatic rings. The van der Waals surface area contributed by atoms with Gasteiger partial charge in [-0.05, 0) is 43.7 Å². The third kappa shape index (κ3) is 4.02. The first-order valence-corrected chi connectivity index (χ1v) is 9.94. The fourth-order valence-electron chi connectivity index (χ4n) is 3.32. The molecule has 1 amide bonds. The Morgan fingerprint density at radius 1 is 1.19 bits per heavy atom. The summed E-state index contributed by atoms with van der Waals surface area (Å²) in [5.74, 6) is 0.320. The normalized spacial score (nSPS) is 12.1. The van der Waals surface area contributed by atoms with Gasteiger partial charge in [-0.3, -0.25) is 14.4 Å². The number of aromatic amines is 1. The van der Waals surface area contributed by atoms with Crippen LogP contribution in [-0.2, 0) is 6.54 Å². The summed E-state index contributed by atoms with van der Waals surface area (Å²) in [4.78, 5) is 43.5. The lowest BCUT2D eigenvalue weighted by atomic mass is 10.1. The van der Waals surface area contributed by atoms with Gasteiger partial charge in [0.2, 0.25) is 11.7 Å². The van der Waals surface area contributed by atoms with E-state index in [1.54, 1.807) is 49.4 Å². The van der Waals surface area contributed by atoms with Crippen LogP contribution in [-0.4, -0.2) is 25.6 Å². The fraction of sp³-hybridized carbons (Fsp3) is 0.227. The summed E-state index contributed by atoms with van der Waals surface area (Å²) in [6.07, 6.45) is 0.723. The number of rotatable bonds is 6. The molecule has 0 bridgehead atoms. The molecule has 0 saturated carbocycles. The maximum Gasteiger partial charge on any atom is 0.316 e. The largest absolute Gasteiger partial charge is 0.341 e. The first kappa shape index (κ1) is 20.3. The van der Waals surface area contributed by atoms with Crippen LogP contribution in [0.5, 0.6) is 0 Å². The number of H-pyrrole nitrogens is 1. The molecule has 2 aromatic heterocycles. The van der Waals surface area contributed by atoms with Crippen molar-refractivity contribution in [2.45, 2.75) is 32.9 Å². The van der Waals surface area contributed by atoms with Crippen LogP contribution in [0.15, 0.2) is 62.6 Å². The van der Waals surface area contributed by atoms with Crippen molar-refractivity contribution in [1.29, 1.82) is 0 Å². The Balaban J connectivity index is 1.61. The van der Waals surface area contributed by atoms with Crippen LogP contribution in [0.25, 0.3) is 22.4 Å². The van der Waals surface area contributed by atoms with Gasteiger partial charge in [0.15, 0.2) is 0 Å². The van der Waals surface area contributed by atoms with E-state index in [4.69, 9.17) is 4.52 Å². The van der Waals surface area contributed by atoms with Gasteiger partial charge in [-0.1, -0.05) is 30.3 Å². The van der Waals surface area contributed by atoms with Crippen LogP contribution in [0, 0.1) is 0 Å². The number of aryl methyl sites for hydroxylation is 1. The average molecular weight is 419 g/mol. The Labute approximate surface area is 176 Å². The molecule has 4 rings (SSSR count). The van der Waals surface area contributed by atoms with Crippen molar-refractivity contribution in [3.63, 3.8) is 0 Å². The smallest absolute Gasteiger partial charge is 0.316 e. The minimum absolute atomic E-state index is 0.245. The molecule has 9 nitrogen and oxygen atoms in total. The summed E-state index contributed by atoms with van der Waals surface area (Å²) in [6, 6.07) is 13.5.